The number of likely N-dealkylation sites (tertiary alicyclic amines) is 1. The number of imide groups is 1. The van der Waals surface area contributed by atoms with Crippen molar-refractivity contribution in [3.63, 3.8) is 0 Å². The Labute approximate surface area is 150 Å². The van der Waals surface area contributed by atoms with E-state index < -0.39 is 12.1 Å². The van der Waals surface area contributed by atoms with Crippen LogP contribution >= 0.6 is 0 Å². The molecular weight excluding hydrogens is 335 g/mol. The molecule has 0 N–H and O–H groups in total. The first-order valence-electron chi connectivity index (χ1n) is 8.47. The first-order chi connectivity index (χ1) is 12.5. The van der Waals surface area contributed by atoms with E-state index >= 15 is 0 Å². The maximum atomic E-state index is 13.3. The molecular formula is C20H17FN2O3. The van der Waals surface area contributed by atoms with Crippen molar-refractivity contribution >= 4 is 23.4 Å². The second-order valence-electron chi connectivity index (χ2n) is 6.64. The summed E-state index contributed by atoms with van der Waals surface area (Å²) < 4.78 is 13.3. The van der Waals surface area contributed by atoms with Gasteiger partial charge >= 0.3 is 0 Å². The summed E-state index contributed by atoms with van der Waals surface area (Å²) in [6, 6.07) is 11.9. The minimum absolute atomic E-state index is 0.128. The van der Waals surface area contributed by atoms with Crippen molar-refractivity contribution in [3.8, 4) is 0 Å². The van der Waals surface area contributed by atoms with Crippen molar-refractivity contribution in [2.75, 3.05) is 4.90 Å². The van der Waals surface area contributed by atoms with Crippen molar-refractivity contribution in [2.45, 2.75) is 31.8 Å². The number of rotatable bonds is 3. The smallest absolute Gasteiger partial charge is 0.253 e. The summed E-state index contributed by atoms with van der Waals surface area (Å²) >= 11 is 0. The molecule has 2 heterocycles. The number of benzene rings is 2. The van der Waals surface area contributed by atoms with Gasteiger partial charge in [0.05, 0.1) is 6.04 Å². The molecule has 0 saturated carbocycles. The molecule has 4 rings (SSSR count). The Morgan fingerprint density at radius 1 is 0.808 bits per heavy atom. The summed E-state index contributed by atoms with van der Waals surface area (Å²) in [7, 11) is 0. The van der Waals surface area contributed by atoms with Gasteiger partial charge in [-0.1, -0.05) is 29.8 Å². The topological polar surface area (TPSA) is 57.7 Å². The number of anilines is 1. The van der Waals surface area contributed by atoms with Gasteiger partial charge in [0.1, 0.15) is 11.9 Å². The summed E-state index contributed by atoms with van der Waals surface area (Å²) in [5, 5.41) is 0. The van der Waals surface area contributed by atoms with Crippen LogP contribution in [0.1, 0.15) is 30.0 Å². The van der Waals surface area contributed by atoms with Crippen LogP contribution in [0.2, 0.25) is 0 Å². The fraction of sp³-hybridized carbons (Fsp3) is 0.250. The average Bonchev–Trinajstić information content (AvgIpc) is 2.95. The van der Waals surface area contributed by atoms with Crippen molar-refractivity contribution in [1.82, 2.24) is 4.90 Å². The molecule has 0 unspecified atom stereocenters. The highest BCUT2D eigenvalue weighted by molar-refractivity contribution is 6.13. The SMILES string of the molecule is Cc1ccc(N2C(=O)[C@@H](N3C(=O)CCC3=O)[C@H]2c2ccc(F)cc2)cc1. The van der Waals surface area contributed by atoms with Gasteiger partial charge in [-0.15, -0.1) is 0 Å². The first-order valence-corrected chi connectivity index (χ1v) is 8.47. The molecule has 0 bridgehead atoms. The van der Waals surface area contributed by atoms with Crippen LogP contribution in [0.5, 0.6) is 0 Å². The van der Waals surface area contributed by atoms with Gasteiger partial charge in [0.15, 0.2) is 0 Å². The zero-order valence-corrected chi connectivity index (χ0v) is 14.2. The van der Waals surface area contributed by atoms with Crippen LogP contribution in [0.25, 0.3) is 0 Å². The minimum atomic E-state index is -0.871. The molecule has 2 fully saturated rings. The Morgan fingerprint density at radius 3 is 1.96 bits per heavy atom. The van der Waals surface area contributed by atoms with Gasteiger partial charge in [0.2, 0.25) is 11.8 Å². The van der Waals surface area contributed by atoms with E-state index in [0.717, 1.165) is 10.5 Å². The van der Waals surface area contributed by atoms with Crippen LogP contribution in [0.3, 0.4) is 0 Å². The van der Waals surface area contributed by atoms with E-state index in [1.807, 2.05) is 31.2 Å². The van der Waals surface area contributed by atoms with Gasteiger partial charge in [-0.25, -0.2) is 4.39 Å². The molecule has 0 radical (unpaired) electrons. The fourth-order valence-electron chi connectivity index (χ4n) is 3.61. The molecule has 0 aromatic heterocycles. The monoisotopic (exact) mass is 352 g/mol. The molecule has 2 aliphatic heterocycles. The Balaban J connectivity index is 1.76. The van der Waals surface area contributed by atoms with E-state index in [1.54, 1.807) is 17.0 Å². The lowest BCUT2D eigenvalue weighted by molar-refractivity contribution is -0.151. The second kappa shape index (κ2) is 6.05. The lowest BCUT2D eigenvalue weighted by Crippen LogP contribution is -2.67. The average molecular weight is 352 g/mol. The van der Waals surface area contributed by atoms with Gasteiger partial charge in [-0.2, -0.15) is 0 Å². The molecule has 132 valence electrons. The van der Waals surface area contributed by atoms with E-state index in [-0.39, 0.29) is 36.4 Å². The molecule has 5 nitrogen and oxygen atoms in total. The largest absolute Gasteiger partial charge is 0.300 e. The van der Waals surface area contributed by atoms with Crippen molar-refractivity contribution in [2.24, 2.45) is 0 Å². The molecule has 0 aliphatic carbocycles. The highest BCUT2D eigenvalue weighted by Crippen LogP contribution is 2.43. The quantitative estimate of drug-likeness (QED) is 0.630. The van der Waals surface area contributed by atoms with E-state index in [1.165, 1.54) is 12.1 Å². The molecule has 26 heavy (non-hydrogen) atoms. The highest BCUT2D eigenvalue weighted by Gasteiger charge is 2.56. The molecule has 2 saturated heterocycles. The zero-order valence-electron chi connectivity index (χ0n) is 14.2. The number of carbonyl (C=O) groups excluding carboxylic acids is 3. The Morgan fingerprint density at radius 2 is 1.38 bits per heavy atom. The van der Waals surface area contributed by atoms with Gasteiger partial charge < -0.3 is 4.90 Å². The maximum absolute atomic E-state index is 13.3. The lowest BCUT2D eigenvalue weighted by atomic mass is 9.86. The summed E-state index contributed by atoms with van der Waals surface area (Å²) in [6.45, 7) is 1.95. The Bertz CT molecular complexity index is 876. The van der Waals surface area contributed by atoms with Crippen LogP contribution in [-0.2, 0) is 14.4 Å². The molecule has 2 aliphatic rings. The molecule has 2 aromatic carbocycles. The standard InChI is InChI=1S/C20H17FN2O3/c1-12-2-8-15(9-3-12)22-18(13-4-6-14(21)7-5-13)19(20(22)26)23-16(24)10-11-17(23)25/h2-9,18-19H,10-11H2,1H3/t18-,19+/m1/s1. The number of hydrogen-bond donors (Lipinski definition) is 0. The van der Waals surface area contributed by atoms with Crippen molar-refractivity contribution in [1.29, 1.82) is 0 Å². The number of carbonyl (C=O) groups is 3. The van der Waals surface area contributed by atoms with E-state index in [4.69, 9.17) is 0 Å². The van der Waals surface area contributed by atoms with Gasteiger partial charge in [-0.05, 0) is 36.8 Å². The highest BCUT2D eigenvalue weighted by atomic mass is 19.1. The predicted octanol–water partition coefficient (Wildman–Crippen LogP) is 2.74. The molecule has 2 aromatic rings. The molecule has 2 atom stereocenters. The first kappa shape index (κ1) is 16.4. The Kier molecular flexibility index (Phi) is 3.83. The summed E-state index contributed by atoms with van der Waals surface area (Å²) in [6.07, 6.45) is 0.257. The van der Waals surface area contributed by atoms with Crippen LogP contribution in [0.4, 0.5) is 10.1 Å². The van der Waals surface area contributed by atoms with E-state index in [0.29, 0.717) is 11.3 Å². The fourth-order valence-corrected chi connectivity index (χ4v) is 3.61. The lowest BCUT2D eigenvalue weighted by Gasteiger charge is -2.49. The normalized spacial score (nSPS) is 22.8. The van der Waals surface area contributed by atoms with E-state index in [9.17, 15) is 18.8 Å². The third-order valence-corrected chi connectivity index (χ3v) is 4.96. The summed E-state index contributed by atoms with van der Waals surface area (Å²) in [5.74, 6) is -1.34. The van der Waals surface area contributed by atoms with Crippen molar-refractivity contribution in [3.05, 3.63) is 65.5 Å². The van der Waals surface area contributed by atoms with Crippen LogP contribution in [0.15, 0.2) is 48.5 Å². The van der Waals surface area contributed by atoms with Gasteiger partial charge in [0, 0.05) is 18.5 Å². The Hall–Kier alpha value is -3.02. The van der Waals surface area contributed by atoms with E-state index in [2.05, 4.69) is 0 Å². The maximum Gasteiger partial charge on any atom is 0.253 e. The summed E-state index contributed by atoms with van der Waals surface area (Å²) in [5.41, 5.74) is 2.43. The minimum Gasteiger partial charge on any atom is -0.300 e. The number of amides is 3. The predicted molar refractivity (Wildman–Crippen MR) is 92.7 cm³/mol. The third-order valence-electron chi connectivity index (χ3n) is 4.96. The number of hydrogen-bond acceptors (Lipinski definition) is 3. The summed E-state index contributed by atoms with van der Waals surface area (Å²) in [4.78, 5) is 39.8. The number of β-lactam (4-membered cyclic amide) rings is 1. The zero-order chi connectivity index (χ0) is 18.4. The van der Waals surface area contributed by atoms with Gasteiger partial charge in [0.25, 0.3) is 5.91 Å². The number of halogens is 1. The molecule has 6 heteroatoms. The second-order valence-corrected chi connectivity index (χ2v) is 6.64. The molecule has 3 amide bonds. The van der Waals surface area contributed by atoms with Crippen molar-refractivity contribution < 1.29 is 18.8 Å². The number of aryl methyl sites for hydroxylation is 1. The van der Waals surface area contributed by atoms with Crippen LogP contribution in [-0.4, -0.2) is 28.7 Å². The number of nitrogens with zero attached hydrogens (tertiary/aromatic N) is 2. The van der Waals surface area contributed by atoms with Crippen LogP contribution in [0, 0.1) is 12.7 Å². The van der Waals surface area contributed by atoms with Gasteiger partial charge in [-0.3, -0.25) is 19.3 Å². The molecule has 0 spiro atoms. The van der Waals surface area contributed by atoms with Crippen LogP contribution < -0.4 is 4.90 Å². The third kappa shape index (κ3) is 2.49.